The van der Waals surface area contributed by atoms with Gasteiger partial charge in [-0.3, -0.25) is 0 Å². The fourth-order valence-electron chi connectivity index (χ4n) is 6.56. The average Bonchev–Trinajstić information content (AvgIpc) is 3.91. The summed E-state index contributed by atoms with van der Waals surface area (Å²) in [6.45, 7) is 8.45. The van der Waals surface area contributed by atoms with Crippen LogP contribution in [0.15, 0.2) is 126 Å². The number of rotatable bonds is 1. The van der Waals surface area contributed by atoms with Gasteiger partial charge in [-0.25, -0.2) is 0 Å². The van der Waals surface area contributed by atoms with Gasteiger partial charge >= 0.3 is 0 Å². The normalized spacial score (nSPS) is 16.3. The highest BCUT2D eigenvalue weighted by Gasteiger charge is 2.22. The summed E-state index contributed by atoms with van der Waals surface area (Å²) in [4.78, 5) is 10.2. The standard InChI is InChI=1S/C18H21N.C9H12N2.C8H9NO.C8H9NS/c1-18(2,3)15-10-8-13(9-11-15)17-12-14-6-4-5-7-16(14)19-17;1-10-7-11(2)9-6-4-3-5-8(9)10;2*1-9-6-10-8-5-3-2-4-7(8)9/h4-11,17,19H,12H2,1-3H3;3-6H,7H2,1-2H3;2*2-5H,6H2,1H3. The molecule has 0 amide bonds. The molecule has 1 atom stereocenters. The van der Waals surface area contributed by atoms with Crippen LogP contribution in [0.4, 0.5) is 28.4 Å². The van der Waals surface area contributed by atoms with E-state index in [2.05, 4.69) is 170 Å². The molecule has 9 rings (SSSR count). The lowest BCUT2D eigenvalue weighted by molar-refractivity contribution is 0.353. The molecule has 4 aliphatic heterocycles. The number of hydrogen-bond donors (Lipinski definition) is 1. The largest absolute Gasteiger partial charge is 0.471 e. The van der Waals surface area contributed by atoms with Gasteiger partial charge < -0.3 is 29.7 Å². The van der Waals surface area contributed by atoms with Crippen LogP contribution in [-0.2, 0) is 11.8 Å². The maximum Gasteiger partial charge on any atom is 0.161 e. The van der Waals surface area contributed by atoms with Crippen molar-refractivity contribution in [1.82, 2.24) is 0 Å². The van der Waals surface area contributed by atoms with Crippen molar-refractivity contribution in [2.24, 2.45) is 0 Å². The monoisotopic (exact) mass is 685 g/mol. The van der Waals surface area contributed by atoms with Crippen molar-refractivity contribution < 1.29 is 4.74 Å². The fraction of sp³-hybridized carbons (Fsp3) is 0.302. The molecule has 6 nitrogen and oxygen atoms in total. The van der Waals surface area contributed by atoms with E-state index in [-0.39, 0.29) is 5.41 Å². The lowest BCUT2D eigenvalue weighted by atomic mass is 9.86. The number of ether oxygens (including phenoxy) is 1. The molecule has 5 aromatic rings. The highest BCUT2D eigenvalue weighted by Crippen LogP contribution is 2.37. The number of nitrogens with zero attached hydrogens (tertiary/aromatic N) is 4. The smallest absolute Gasteiger partial charge is 0.161 e. The van der Waals surface area contributed by atoms with Gasteiger partial charge in [-0.05, 0) is 71.0 Å². The molecular formula is C43H51N5OS. The predicted octanol–water partition coefficient (Wildman–Crippen LogP) is 9.88. The minimum Gasteiger partial charge on any atom is -0.471 e. The Kier molecular flexibility index (Phi) is 10.8. The molecule has 4 heterocycles. The van der Waals surface area contributed by atoms with Gasteiger partial charge in [-0.15, -0.1) is 11.8 Å². The number of nitrogens with one attached hydrogen (secondary N) is 1. The van der Waals surface area contributed by atoms with Gasteiger partial charge in [0.2, 0.25) is 0 Å². The summed E-state index contributed by atoms with van der Waals surface area (Å²) in [5.41, 5.74) is 10.9. The summed E-state index contributed by atoms with van der Waals surface area (Å²) >= 11 is 1.90. The topological polar surface area (TPSA) is 34.2 Å². The van der Waals surface area contributed by atoms with Crippen LogP contribution in [0.5, 0.6) is 5.75 Å². The Balaban J connectivity index is 0.000000121. The minimum atomic E-state index is 0.227. The number of anilines is 5. The highest BCUT2D eigenvalue weighted by molar-refractivity contribution is 7.99. The highest BCUT2D eigenvalue weighted by atomic mass is 32.2. The van der Waals surface area contributed by atoms with E-state index in [1.165, 1.54) is 50.0 Å². The van der Waals surface area contributed by atoms with Crippen LogP contribution in [-0.4, -0.2) is 47.5 Å². The van der Waals surface area contributed by atoms with Crippen LogP contribution in [0, 0.1) is 0 Å². The number of fused-ring (bicyclic) bond motifs is 4. The Bertz CT molecular complexity index is 1760. The van der Waals surface area contributed by atoms with Crippen molar-refractivity contribution in [2.45, 2.75) is 43.5 Å². The van der Waals surface area contributed by atoms with Crippen LogP contribution < -0.4 is 29.7 Å². The molecule has 0 fully saturated rings. The molecule has 0 aliphatic carbocycles. The first-order valence-corrected chi connectivity index (χ1v) is 18.4. The molecule has 50 heavy (non-hydrogen) atoms. The molecule has 0 bridgehead atoms. The Labute approximate surface area is 303 Å². The van der Waals surface area contributed by atoms with E-state index >= 15 is 0 Å². The van der Waals surface area contributed by atoms with Crippen molar-refractivity contribution >= 4 is 40.2 Å². The lowest BCUT2D eigenvalue weighted by Gasteiger charge is -2.20. The number of benzene rings is 5. The maximum atomic E-state index is 5.34. The minimum absolute atomic E-state index is 0.227. The molecule has 0 spiro atoms. The lowest BCUT2D eigenvalue weighted by Crippen LogP contribution is -2.23. The van der Waals surface area contributed by atoms with Crippen LogP contribution in [0.3, 0.4) is 0 Å². The zero-order valence-corrected chi connectivity index (χ0v) is 31.4. The van der Waals surface area contributed by atoms with Gasteiger partial charge in [0.15, 0.2) is 6.73 Å². The summed E-state index contributed by atoms with van der Waals surface area (Å²) in [5.74, 6) is 2.09. The summed E-state index contributed by atoms with van der Waals surface area (Å²) in [7, 11) is 8.37. The molecule has 0 saturated heterocycles. The van der Waals surface area contributed by atoms with Crippen LogP contribution in [0.2, 0.25) is 0 Å². The first kappa shape index (κ1) is 35.1. The van der Waals surface area contributed by atoms with E-state index in [9.17, 15) is 0 Å². The molecule has 1 unspecified atom stereocenters. The van der Waals surface area contributed by atoms with Crippen LogP contribution in [0.25, 0.3) is 0 Å². The summed E-state index contributed by atoms with van der Waals surface area (Å²) in [6, 6.07) is 43.1. The number of para-hydroxylation sites is 6. The molecule has 0 radical (unpaired) electrons. The molecule has 7 heteroatoms. The second-order valence-electron chi connectivity index (χ2n) is 14.3. The van der Waals surface area contributed by atoms with Gasteiger partial charge in [-0.1, -0.05) is 99.6 Å². The Hall–Kier alpha value is -4.75. The number of hydrogen-bond acceptors (Lipinski definition) is 7. The molecule has 0 saturated carbocycles. The second-order valence-corrected chi connectivity index (χ2v) is 15.3. The Morgan fingerprint density at radius 2 is 1.20 bits per heavy atom. The Morgan fingerprint density at radius 1 is 0.620 bits per heavy atom. The van der Waals surface area contributed by atoms with Crippen molar-refractivity contribution in [3.8, 4) is 5.75 Å². The second kappa shape index (κ2) is 15.4. The molecule has 1 N–H and O–H groups in total. The first-order chi connectivity index (χ1) is 24.1. The van der Waals surface area contributed by atoms with E-state index < -0.39 is 0 Å². The van der Waals surface area contributed by atoms with Crippen LogP contribution >= 0.6 is 11.8 Å². The molecular weight excluding hydrogens is 635 g/mol. The molecule has 5 aromatic carbocycles. The molecule has 260 valence electrons. The first-order valence-electron chi connectivity index (χ1n) is 17.4. The van der Waals surface area contributed by atoms with Crippen molar-refractivity contribution in [3.63, 3.8) is 0 Å². The van der Waals surface area contributed by atoms with E-state index in [4.69, 9.17) is 4.74 Å². The summed E-state index contributed by atoms with van der Waals surface area (Å²) < 4.78 is 5.34. The third kappa shape index (κ3) is 8.16. The van der Waals surface area contributed by atoms with Crippen molar-refractivity contribution in [2.75, 3.05) is 72.4 Å². The van der Waals surface area contributed by atoms with E-state index in [1.54, 1.807) is 0 Å². The zero-order chi connectivity index (χ0) is 35.3. The van der Waals surface area contributed by atoms with Gasteiger partial charge in [-0.2, -0.15) is 0 Å². The Morgan fingerprint density at radius 3 is 1.82 bits per heavy atom. The van der Waals surface area contributed by atoms with Crippen molar-refractivity contribution in [3.05, 3.63) is 138 Å². The average molecular weight is 686 g/mol. The molecule has 4 aliphatic rings. The van der Waals surface area contributed by atoms with E-state index in [1.807, 2.05) is 37.0 Å². The molecule has 0 aromatic heterocycles. The third-order valence-electron chi connectivity index (χ3n) is 9.46. The van der Waals surface area contributed by atoms with Crippen molar-refractivity contribution in [1.29, 1.82) is 0 Å². The van der Waals surface area contributed by atoms with Gasteiger partial charge in [0.25, 0.3) is 0 Å². The van der Waals surface area contributed by atoms with Gasteiger partial charge in [0.1, 0.15) is 5.75 Å². The summed E-state index contributed by atoms with van der Waals surface area (Å²) in [5, 5.41) is 3.61. The van der Waals surface area contributed by atoms with Gasteiger partial charge in [0, 0.05) is 38.8 Å². The zero-order valence-electron chi connectivity index (χ0n) is 30.6. The number of thioether (sulfide) groups is 1. The van der Waals surface area contributed by atoms with Gasteiger partial charge in [0.05, 0.1) is 41.3 Å². The third-order valence-corrected chi connectivity index (χ3v) is 10.6. The van der Waals surface area contributed by atoms with E-state index in [0.717, 1.165) is 24.7 Å². The maximum absolute atomic E-state index is 5.34. The predicted molar refractivity (Wildman–Crippen MR) is 216 cm³/mol. The van der Waals surface area contributed by atoms with E-state index in [0.29, 0.717) is 12.8 Å². The quantitative estimate of drug-likeness (QED) is 0.188. The van der Waals surface area contributed by atoms with Crippen LogP contribution in [0.1, 0.15) is 43.5 Å². The fourth-order valence-corrected chi connectivity index (χ4v) is 7.57. The SMILES string of the molecule is CC(C)(C)c1ccc(C2Cc3ccccc3N2)cc1.CN1CN(C)c2ccccc21.CN1COc2ccccc21.CN1CSc2ccccc21. The summed E-state index contributed by atoms with van der Waals surface area (Å²) in [6.07, 6.45) is 1.09.